The SMILES string of the molecule is C=C(C(=O)OC1CC2CC1CC2CC(O)(C(F)(F)F)C(F)(F)F)C(F)(F)F.C=COC1CC(C(O)(C(F)(F)F)C(F)(F)F)CC(C(OCOC)(C(F)(F)F)C(F)(F)F)C1. The van der Waals surface area contributed by atoms with Gasteiger partial charge in [0, 0.05) is 18.9 Å². The number of alkyl halides is 21. The van der Waals surface area contributed by atoms with E-state index in [0.717, 1.165) is 0 Å². The molecule has 7 atom stereocenters. The minimum absolute atomic E-state index is 0.104. The smallest absolute Gasteiger partial charge is 0.426 e. The second-order valence-electron chi connectivity index (χ2n) is 14.0. The number of aliphatic hydroxyl groups is 2. The Morgan fingerprint density at radius 2 is 1.12 bits per heavy atom. The number of carbonyl (C=O) groups is 1. The maximum absolute atomic E-state index is 13.7. The van der Waals surface area contributed by atoms with Crippen LogP contribution in [0.2, 0.25) is 0 Å². The fraction of sp³-hybridized carbons (Fsp3) is 0.839. The van der Waals surface area contributed by atoms with E-state index in [1.54, 1.807) is 0 Å². The highest BCUT2D eigenvalue weighted by Crippen LogP contribution is 2.60. The molecule has 0 radical (unpaired) electrons. The lowest BCUT2D eigenvalue weighted by Gasteiger charge is -2.49. The highest BCUT2D eigenvalue weighted by molar-refractivity contribution is 5.89. The predicted octanol–water partition coefficient (Wildman–Crippen LogP) is 9.58. The molecule has 3 aliphatic carbocycles. The summed E-state index contributed by atoms with van der Waals surface area (Å²) < 4.78 is 293. The molecule has 7 unspecified atom stereocenters. The van der Waals surface area contributed by atoms with Crippen molar-refractivity contribution in [3.63, 3.8) is 0 Å². The van der Waals surface area contributed by atoms with Crippen LogP contribution in [0.15, 0.2) is 25.0 Å². The molecule has 0 spiro atoms. The standard InChI is InChI=1S/C16H18F12O4.C15H15F9O3/c1-3-31-10-5-8(11(29,13(17,18)19)14(20,21)22)4-9(6-10)12(15(23,24)25,16(26,27)28)32-7-30-2;1-6(13(16,17)18)11(25)27-10-4-7-2-8(10)3-9(7)5-12(26,14(19,20)21)15(22,23)24/h3,8-10,29H,1,4-7H2,2H3;7-10,26H,1-5H2. The Hall–Kier alpha value is -2.88. The van der Waals surface area contributed by atoms with Crippen molar-refractivity contribution in [2.75, 3.05) is 13.9 Å². The summed E-state index contributed by atoms with van der Waals surface area (Å²) in [4.78, 5) is 11.4. The fourth-order valence-electron chi connectivity index (χ4n) is 7.70. The molecule has 0 aliphatic heterocycles. The zero-order valence-corrected chi connectivity index (χ0v) is 29.6. The number of methoxy groups -OCH3 is 1. The van der Waals surface area contributed by atoms with Crippen molar-refractivity contribution in [1.29, 1.82) is 0 Å². The highest BCUT2D eigenvalue weighted by Gasteiger charge is 2.79. The molecule has 7 nitrogen and oxygen atoms in total. The van der Waals surface area contributed by atoms with Crippen LogP contribution in [-0.4, -0.2) is 102 Å². The third kappa shape index (κ3) is 10.4. The Kier molecular flexibility index (Phi) is 15.2. The van der Waals surface area contributed by atoms with Crippen molar-refractivity contribution in [3.05, 3.63) is 25.0 Å². The van der Waals surface area contributed by atoms with Crippen LogP contribution in [0.4, 0.5) is 92.2 Å². The second kappa shape index (κ2) is 17.1. The summed E-state index contributed by atoms with van der Waals surface area (Å²) in [7, 11) is 0.650. The molecule has 0 heterocycles. The Balaban J connectivity index is 0.000000412. The molecule has 3 aliphatic rings. The predicted molar refractivity (Wildman–Crippen MR) is 152 cm³/mol. The summed E-state index contributed by atoms with van der Waals surface area (Å²) in [6.45, 7) is 3.87. The molecule has 346 valence electrons. The second-order valence-corrected chi connectivity index (χ2v) is 14.0. The molecule has 3 rings (SSSR count). The zero-order valence-electron chi connectivity index (χ0n) is 29.6. The van der Waals surface area contributed by atoms with E-state index in [4.69, 9.17) is 0 Å². The number of rotatable bonds is 11. The van der Waals surface area contributed by atoms with Gasteiger partial charge in [-0.15, -0.1) is 0 Å². The molecule has 2 N–H and O–H groups in total. The quantitative estimate of drug-likeness (QED) is 0.0702. The number of fused-ring (bicyclic) bond motifs is 2. The van der Waals surface area contributed by atoms with Gasteiger partial charge in [-0.1, -0.05) is 13.2 Å². The van der Waals surface area contributed by atoms with Gasteiger partial charge in [-0.25, -0.2) is 4.79 Å². The van der Waals surface area contributed by atoms with Gasteiger partial charge in [0.05, 0.1) is 12.4 Å². The number of hydrogen-bond acceptors (Lipinski definition) is 7. The monoisotopic (exact) mass is 916 g/mol. The summed E-state index contributed by atoms with van der Waals surface area (Å²) in [6, 6.07) is 0. The van der Waals surface area contributed by atoms with Crippen molar-refractivity contribution in [2.24, 2.45) is 29.6 Å². The molecule has 0 aromatic heterocycles. The molecule has 3 fully saturated rings. The van der Waals surface area contributed by atoms with E-state index in [1.807, 2.05) is 0 Å². The fourth-order valence-corrected chi connectivity index (χ4v) is 7.70. The van der Waals surface area contributed by atoms with E-state index in [-0.39, 0.29) is 19.3 Å². The Labute approximate surface area is 318 Å². The third-order valence-electron chi connectivity index (χ3n) is 10.5. The van der Waals surface area contributed by atoms with Crippen molar-refractivity contribution >= 4 is 5.97 Å². The number of esters is 1. The summed E-state index contributed by atoms with van der Waals surface area (Å²) in [5, 5.41) is 18.9. The van der Waals surface area contributed by atoms with Crippen molar-refractivity contribution in [2.45, 2.75) is 117 Å². The van der Waals surface area contributed by atoms with E-state index < -0.39 is 146 Å². The first kappa shape index (κ1) is 52.3. The van der Waals surface area contributed by atoms with Gasteiger partial charge in [0.15, 0.2) is 0 Å². The maximum Gasteiger partial charge on any atom is 0.426 e. The van der Waals surface area contributed by atoms with Gasteiger partial charge in [-0.2, -0.15) is 92.2 Å². The van der Waals surface area contributed by atoms with Gasteiger partial charge in [-0.3, -0.25) is 0 Å². The van der Waals surface area contributed by atoms with Crippen LogP contribution in [0.5, 0.6) is 0 Å². The Morgan fingerprint density at radius 1 is 0.644 bits per heavy atom. The Bertz CT molecular complexity index is 1420. The topological polar surface area (TPSA) is 94.5 Å². The van der Waals surface area contributed by atoms with Crippen LogP contribution in [-0.2, 0) is 23.7 Å². The van der Waals surface area contributed by atoms with Crippen LogP contribution in [0, 0.1) is 29.6 Å². The van der Waals surface area contributed by atoms with Gasteiger partial charge in [0.25, 0.3) is 16.8 Å². The lowest BCUT2D eigenvalue weighted by Crippen LogP contribution is -2.68. The van der Waals surface area contributed by atoms with Crippen molar-refractivity contribution < 1.29 is 126 Å². The number of hydrogen-bond donors (Lipinski definition) is 2. The number of halogens is 21. The minimum atomic E-state index is -6.48. The molecule has 0 amide bonds. The first-order chi connectivity index (χ1) is 26.2. The molecule has 59 heavy (non-hydrogen) atoms. The molecular weight excluding hydrogens is 883 g/mol. The van der Waals surface area contributed by atoms with Crippen LogP contribution in [0.25, 0.3) is 0 Å². The van der Waals surface area contributed by atoms with Gasteiger partial charge >= 0.3 is 49.2 Å². The summed E-state index contributed by atoms with van der Waals surface area (Å²) in [6.07, 6.45) is -51.7. The van der Waals surface area contributed by atoms with Gasteiger partial charge in [0.1, 0.15) is 18.5 Å². The molecule has 28 heteroatoms. The number of carbonyl (C=O) groups excluding carboxylic acids is 1. The first-order valence-electron chi connectivity index (χ1n) is 16.4. The van der Waals surface area contributed by atoms with Crippen LogP contribution >= 0.6 is 0 Å². The zero-order chi connectivity index (χ0) is 46.4. The van der Waals surface area contributed by atoms with Crippen molar-refractivity contribution in [1.82, 2.24) is 0 Å². The molecule has 2 bridgehead atoms. The van der Waals surface area contributed by atoms with Gasteiger partial charge in [-0.05, 0) is 62.7 Å². The average Bonchev–Trinajstić information content (AvgIpc) is 3.60. The average molecular weight is 917 g/mol. The molecule has 0 aromatic rings. The van der Waals surface area contributed by atoms with Gasteiger partial charge in [0.2, 0.25) is 0 Å². The van der Waals surface area contributed by atoms with E-state index in [2.05, 4.69) is 32.1 Å². The largest absolute Gasteiger partial charge is 0.499 e. The molecule has 0 aromatic carbocycles. The Morgan fingerprint density at radius 3 is 1.47 bits per heavy atom. The highest BCUT2D eigenvalue weighted by atomic mass is 19.4. The number of ether oxygens (including phenoxy) is 4. The van der Waals surface area contributed by atoms with Crippen LogP contribution in [0.1, 0.15) is 44.9 Å². The van der Waals surface area contributed by atoms with E-state index in [1.165, 1.54) is 0 Å². The van der Waals surface area contributed by atoms with Crippen LogP contribution in [0.3, 0.4) is 0 Å². The first-order valence-corrected chi connectivity index (χ1v) is 16.4. The normalized spacial score (nSPS) is 26.5. The third-order valence-corrected chi connectivity index (χ3v) is 10.5. The van der Waals surface area contributed by atoms with Gasteiger partial charge < -0.3 is 29.2 Å². The maximum atomic E-state index is 13.7. The summed E-state index contributed by atoms with van der Waals surface area (Å²) >= 11 is 0. The lowest BCUT2D eigenvalue weighted by molar-refractivity contribution is -0.420. The summed E-state index contributed by atoms with van der Waals surface area (Å²) in [5.41, 5.74) is -17.4. The molecular formula is C31H33F21O7. The van der Waals surface area contributed by atoms with E-state index >= 15 is 0 Å². The van der Waals surface area contributed by atoms with E-state index in [9.17, 15) is 107 Å². The van der Waals surface area contributed by atoms with Crippen molar-refractivity contribution in [3.8, 4) is 0 Å². The molecule has 3 saturated carbocycles. The minimum Gasteiger partial charge on any atom is -0.499 e. The van der Waals surface area contributed by atoms with Crippen LogP contribution < -0.4 is 0 Å². The lowest BCUT2D eigenvalue weighted by atomic mass is 9.65. The molecule has 0 saturated heterocycles. The van der Waals surface area contributed by atoms with E-state index in [0.29, 0.717) is 13.4 Å². The summed E-state index contributed by atoms with van der Waals surface area (Å²) in [5.74, 6) is -10.5.